The van der Waals surface area contributed by atoms with Crippen molar-refractivity contribution in [2.75, 3.05) is 45.2 Å². The number of amides is 2. The first-order chi connectivity index (χ1) is 17.8. The van der Waals surface area contributed by atoms with Crippen LogP contribution in [0.1, 0.15) is 54.4 Å². The molecule has 0 unspecified atom stereocenters. The van der Waals surface area contributed by atoms with Crippen LogP contribution in [0.4, 0.5) is 10.5 Å². The lowest BCUT2D eigenvalue weighted by atomic mass is 9.68. The molecule has 4 heterocycles. The molecule has 1 saturated heterocycles. The number of ether oxygens (including phenoxy) is 1. The molecule has 2 aromatic heterocycles. The molecule has 2 aliphatic heterocycles. The molecule has 9 nitrogen and oxygen atoms in total. The first-order valence-electron chi connectivity index (χ1n) is 13.4. The summed E-state index contributed by atoms with van der Waals surface area (Å²) in [5, 5.41) is 18.8. The van der Waals surface area contributed by atoms with Crippen LogP contribution in [0.5, 0.6) is 5.75 Å². The van der Waals surface area contributed by atoms with Crippen LogP contribution >= 0.6 is 0 Å². The summed E-state index contributed by atoms with van der Waals surface area (Å²) in [5.41, 5.74) is 4.97. The Kier molecular flexibility index (Phi) is 5.95. The highest BCUT2D eigenvalue weighted by molar-refractivity contribution is 5.91. The zero-order chi connectivity index (χ0) is 25.9. The predicted octanol–water partition coefficient (Wildman–Crippen LogP) is 4.12. The molecular formula is C28H37N5O4. The maximum absolute atomic E-state index is 13.2. The SMILES string of the molecule is COc1ccc2c3c(n(C)c2c1)[C@@H](CO)N(CC1CC1)CC31CCN(C(=O)Nc2c(C)noc2C)CC1. The van der Waals surface area contributed by atoms with Gasteiger partial charge in [-0.2, -0.15) is 0 Å². The molecule has 1 spiro atoms. The van der Waals surface area contributed by atoms with E-state index in [0.717, 1.165) is 43.1 Å². The predicted molar refractivity (Wildman–Crippen MR) is 141 cm³/mol. The minimum atomic E-state index is -0.106. The molecule has 2 N–H and O–H groups in total. The van der Waals surface area contributed by atoms with Crippen molar-refractivity contribution < 1.29 is 19.2 Å². The van der Waals surface area contributed by atoms with Crippen LogP contribution in [0.3, 0.4) is 0 Å². The summed E-state index contributed by atoms with van der Waals surface area (Å²) in [6, 6.07) is 6.19. The van der Waals surface area contributed by atoms with Gasteiger partial charge in [0.25, 0.3) is 0 Å². The lowest BCUT2D eigenvalue weighted by Gasteiger charge is -2.50. The number of aromatic nitrogens is 2. The number of carbonyl (C=O) groups is 1. The van der Waals surface area contributed by atoms with Crippen LogP contribution in [0.25, 0.3) is 10.9 Å². The van der Waals surface area contributed by atoms with E-state index in [1.165, 1.54) is 29.5 Å². The number of likely N-dealkylation sites (tertiary alicyclic amines) is 1. The van der Waals surface area contributed by atoms with E-state index in [9.17, 15) is 9.90 Å². The number of hydrogen-bond acceptors (Lipinski definition) is 6. The molecule has 0 bridgehead atoms. The molecule has 198 valence electrons. The van der Waals surface area contributed by atoms with Gasteiger partial charge in [-0.25, -0.2) is 4.79 Å². The molecule has 0 radical (unpaired) electrons. The highest BCUT2D eigenvalue weighted by atomic mass is 16.5. The average molecular weight is 508 g/mol. The number of urea groups is 1. The summed E-state index contributed by atoms with van der Waals surface area (Å²) in [6.45, 7) is 7.02. The fourth-order valence-corrected chi connectivity index (χ4v) is 6.68. The molecule has 1 aliphatic carbocycles. The third-order valence-corrected chi connectivity index (χ3v) is 8.88. The smallest absolute Gasteiger partial charge is 0.321 e. The summed E-state index contributed by atoms with van der Waals surface area (Å²) < 4.78 is 13.0. The van der Waals surface area contributed by atoms with Gasteiger partial charge in [-0.15, -0.1) is 0 Å². The standard InChI is InChI=1S/C28H37N5O4/c1-17-25(18(2)37-30-17)29-27(35)32-11-9-28(10-12-32)16-33(14-19-5-6-19)23(15-34)26-24(28)21-8-7-20(36-4)13-22(21)31(26)3/h7-8,13,19,23,34H,5-6,9-12,14-16H2,1-4H3,(H,29,35)/t23-/m1/s1. The number of benzene rings is 1. The van der Waals surface area contributed by atoms with Gasteiger partial charge in [-0.1, -0.05) is 5.16 Å². The number of methoxy groups -OCH3 is 1. The topological polar surface area (TPSA) is 96.0 Å². The molecule has 6 rings (SSSR count). The van der Waals surface area contributed by atoms with Gasteiger partial charge in [-0.3, -0.25) is 4.90 Å². The second-order valence-corrected chi connectivity index (χ2v) is 11.2. The highest BCUT2D eigenvalue weighted by Crippen LogP contribution is 2.51. The van der Waals surface area contributed by atoms with Gasteiger partial charge >= 0.3 is 6.03 Å². The zero-order valence-electron chi connectivity index (χ0n) is 22.2. The van der Waals surface area contributed by atoms with Crippen molar-refractivity contribution in [3.63, 3.8) is 0 Å². The maximum atomic E-state index is 13.2. The summed E-state index contributed by atoms with van der Waals surface area (Å²) in [6.07, 6.45) is 4.30. The number of hydrogen-bond donors (Lipinski definition) is 2. The summed E-state index contributed by atoms with van der Waals surface area (Å²) in [5.74, 6) is 2.18. The van der Waals surface area contributed by atoms with Crippen molar-refractivity contribution in [1.29, 1.82) is 0 Å². The molecule has 3 aromatic rings. The number of carbonyl (C=O) groups excluding carboxylic acids is 1. The Morgan fingerprint density at radius 3 is 2.65 bits per heavy atom. The van der Waals surface area contributed by atoms with E-state index < -0.39 is 0 Å². The van der Waals surface area contributed by atoms with Gasteiger partial charge in [0.15, 0.2) is 5.76 Å². The van der Waals surface area contributed by atoms with E-state index in [1.54, 1.807) is 7.11 Å². The largest absolute Gasteiger partial charge is 0.497 e. The molecule has 9 heteroatoms. The van der Waals surface area contributed by atoms with Crippen molar-refractivity contribution in [3.8, 4) is 5.75 Å². The Hall–Kier alpha value is -3.04. The summed E-state index contributed by atoms with van der Waals surface area (Å²) in [7, 11) is 3.81. The van der Waals surface area contributed by atoms with E-state index in [-0.39, 0.29) is 24.1 Å². The van der Waals surface area contributed by atoms with Crippen LogP contribution in [-0.2, 0) is 12.5 Å². The summed E-state index contributed by atoms with van der Waals surface area (Å²) >= 11 is 0. The second-order valence-electron chi connectivity index (χ2n) is 11.2. The van der Waals surface area contributed by atoms with Crippen molar-refractivity contribution in [3.05, 3.63) is 40.9 Å². The van der Waals surface area contributed by atoms with Gasteiger partial charge in [-0.05, 0) is 63.1 Å². The van der Waals surface area contributed by atoms with Crippen LogP contribution in [-0.4, -0.2) is 70.6 Å². The van der Waals surface area contributed by atoms with E-state index in [1.807, 2.05) is 24.8 Å². The zero-order valence-corrected chi connectivity index (χ0v) is 22.2. The number of aliphatic hydroxyl groups excluding tert-OH is 1. The fraction of sp³-hybridized carbons (Fsp3) is 0.571. The Morgan fingerprint density at radius 2 is 2.03 bits per heavy atom. The van der Waals surface area contributed by atoms with E-state index in [2.05, 4.69) is 39.1 Å². The lowest BCUT2D eigenvalue weighted by Crippen LogP contribution is -2.55. The van der Waals surface area contributed by atoms with E-state index in [0.29, 0.717) is 30.2 Å². The number of aliphatic hydroxyl groups is 1. The van der Waals surface area contributed by atoms with Crippen molar-refractivity contribution >= 4 is 22.6 Å². The van der Waals surface area contributed by atoms with Crippen LogP contribution < -0.4 is 10.1 Å². The van der Waals surface area contributed by atoms with Crippen molar-refractivity contribution in [2.45, 2.75) is 51.0 Å². The Balaban J connectivity index is 1.35. The molecular weight excluding hydrogens is 470 g/mol. The van der Waals surface area contributed by atoms with Crippen LogP contribution in [0.15, 0.2) is 22.7 Å². The molecule has 37 heavy (non-hydrogen) atoms. The third-order valence-electron chi connectivity index (χ3n) is 8.88. The first-order valence-corrected chi connectivity index (χ1v) is 13.4. The van der Waals surface area contributed by atoms with Gasteiger partial charge in [0.1, 0.15) is 17.1 Å². The van der Waals surface area contributed by atoms with Gasteiger partial charge in [0.2, 0.25) is 0 Å². The molecule has 1 aromatic carbocycles. The second kappa shape index (κ2) is 9.06. The number of nitrogens with one attached hydrogen (secondary N) is 1. The highest BCUT2D eigenvalue weighted by Gasteiger charge is 2.49. The van der Waals surface area contributed by atoms with Crippen molar-refractivity contribution in [2.24, 2.45) is 13.0 Å². The monoisotopic (exact) mass is 507 g/mol. The first kappa shape index (κ1) is 24.3. The third kappa shape index (κ3) is 3.99. The Morgan fingerprint density at radius 1 is 1.27 bits per heavy atom. The van der Waals surface area contributed by atoms with Gasteiger partial charge in [0.05, 0.1) is 25.3 Å². The minimum absolute atomic E-state index is 0.0227. The van der Waals surface area contributed by atoms with Crippen LogP contribution in [0, 0.1) is 19.8 Å². The normalized spacial score (nSPS) is 21.4. The fourth-order valence-electron chi connectivity index (χ4n) is 6.68. The number of piperidine rings is 1. The quantitative estimate of drug-likeness (QED) is 0.540. The minimum Gasteiger partial charge on any atom is -0.497 e. The van der Waals surface area contributed by atoms with Crippen LogP contribution in [0.2, 0.25) is 0 Å². The average Bonchev–Trinajstić information content (AvgIpc) is 3.61. The summed E-state index contributed by atoms with van der Waals surface area (Å²) in [4.78, 5) is 17.6. The van der Waals surface area contributed by atoms with Gasteiger partial charge in [0, 0.05) is 55.8 Å². The molecule has 1 saturated carbocycles. The van der Waals surface area contributed by atoms with Crippen molar-refractivity contribution in [1.82, 2.24) is 19.5 Å². The Labute approximate surface area is 217 Å². The number of nitrogens with zero attached hydrogens (tertiary/aromatic N) is 4. The molecule has 2 amide bonds. The molecule has 3 aliphatic rings. The lowest BCUT2D eigenvalue weighted by molar-refractivity contribution is 0.0498. The number of fused-ring (bicyclic) bond motifs is 4. The molecule has 1 atom stereocenters. The van der Waals surface area contributed by atoms with Gasteiger partial charge < -0.3 is 29.2 Å². The Bertz CT molecular complexity index is 1310. The number of aryl methyl sites for hydroxylation is 3. The van der Waals surface area contributed by atoms with E-state index >= 15 is 0 Å². The number of rotatable bonds is 5. The maximum Gasteiger partial charge on any atom is 0.321 e. The number of anilines is 1. The van der Waals surface area contributed by atoms with E-state index in [4.69, 9.17) is 9.26 Å². The molecule has 2 fully saturated rings.